The summed E-state index contributed by atoms with van der Waals surface area (Å²) in [5.74, 6) is 4.31. The molecule has 2 aromatic rings. The molecule has 1 saturated heterocycles. The fourth-order valence-corrected chi connectivity index (χ4v) is 4.18. The highest BCUT2D eigenvalue weighted by Crippen LogP contribution is 2.40. The molecule has 0 N–H and O–H groups in total. The van der Waals surface area contributed by atoms with E-state index in [0.717, 1.165) is 30.3 Å². The van der Waals surface area contributed by atoms with Gasteiger partial charge < -0.3 is 14.5 Å². The van der Waals surface area contributed by atoms with Crippen molar-refractivity contribution in [2.75, 3.05) is 41.4 Å². The van der Waals surface area contributed by atoms with Crippen LogP contribution < -0.4 is 14.5 Å². The molecule has 23 heavy (non-hydrogen) atoms. The van der Waals surface area contributed by atoms with Crippen LogP contribution in [0.3, 0.4) is 0 Å². The van der Waals surface area contributed by atoms with E-state index in [1.54, 1.807) is 0 Å². The minimum Gasteiger partial charge on any atom is -0.486 e. The second-order valence-electron chi connectivity index (χ2n) is 6.05. The van der Waals surface area contributed by atoms with E-state index in [4.69, 9.17) is 4.74 Å². The molecule has 0 radical (unpaired) electrons. The predicted molar refractivity (Wildman–Crippen MR) is 97.3 cm³/mol. The molecule has 2 aliphatic rings. The molecular formula is C18H21N3OS. The summed E-state index contributed by atoms with van der Waals surface area (Å²) in [5.41, 5.74) is 4.77. The largest absolute Gasteiger partial charge is 0.486 e. The monoisotopic (exact) mass is 327 g/mol. The van der Waals surface area contributed by atoms with Crippen molar-refractivity contribution in [1.82, 2.24) is 4.98 Å². The highest BCUT2D eigenvalue weighted by molar-refractivity contribution is 7.99. The van der Waals surface area contributed by atoms with Gasteiger partial charge in [0.1, 0.15) is 18.2 Å². The second-order valence-corrected chi connectivity index (χ2v) is 7.28. The standard InChI is InChI=1S/C18H21N3OS/c1-13-3-4-17-16(11-13)20(2)18-14(12-22-17)15(5-6-19-18)21-7-9-23-10-8-21/h3-6,11H,7-10,12H2,1-2H3. The molecule has 5 heteroatoms. The number of pyridine rings is 1. The molecule has 1 aromatic carbocycles. The van der Waals surface area contributed by atoms with E-state index in [1.807, 2.05) is 18.0 Å². The van der Waals surface area contributed by atoms with Gasteiger partial charge in [0.2, 0.25) is 0 Å². The molecule has 3 heterocycles. The van der Waals surface area contributed by atoms with Crippen LogP contribution in [0.25, 0.3) is 0 Å². The second kappa shape index (κ2) is 5.96. The number of hydrogen-bond acceptors (Lipinski definition) is 5. The summed E-state index contributed by atoms with van der Waals surface area (Å²) >= 11 is 2.03. The molecule has 120 valence electrons. The summed E-state index contributed by atoms with van der Waals surface area (Å²) in [7, 11) is 2.08. The third-order valence-electron chi connectivity index (χ3n) is 4.53. The first-order valence-electron chi connectivity index (χ1n) is 8.02. The SMILES string of the molecule is Cc1ccc2c(c1)N(C)c1nccc(N3CCSCC3)c1CO2. The Morgan fingerprint density at radius 1 is 1.13 bits per heavy atom. The lowest BCUT2D eigenvalue weighted by molar-refractivity contribution is 0.310. The number of anilines is 3. The van der Waals surface area contributed by atoms with Gasteiger partial charge in [-0.2, -0.15) is 11.8 Å². The maximum atomic E-state index is 6.12. The van der Waals surface area contributed by atoms with Gasteiger partial charge in [-0.25, -0.2) is 4.98 Å². The molecule has 0 atom stereocenters. The average Bonchev–Trinajstić information content (AvgIpc) is 2.73. The molecule has 0 amide bonds. The lowest BCUT2D eigenvalue weighted by Gasteiger charge is -2.31. The quantitative estimate of drug-likeness (QED) is 0.798. The molecule has 4 nitrogen and oxygen atoms in total. The van der Waals surface area contributed by atoms with Gasteiger partial charge in [0.15, 0.2) is 0 Å². The van der Waals surface area contributed by atoms with Crippen molar-refractivity contribution in [3.8, 4) is 5.75 Å². The number of ether oxygens (including phenoxy) is 1. The van der Waals surface area contributed by atoms with Crippen LogP contribution in [0, 0.1) is 6.92 Å². The number of benzene rings is 1. The summed E-state index contributed by atoms with van der Waals surface area (Å²) < 4.78 is 6.12. The van der Waals surface area contributed by atoms with Gasteiger partial charge in [0, 0.05) is 43.5 Å². The highest BCUT2D eigenvalue weighted by atomic mass is 32.2. The number of rotatable bonds is 1. The topological polar surface area (TPSA) is 28.6 Å². The van der Waals surface area contributed by atoms with Crippen molar-refractivity contribution >= 4 is 29.0 Å². The van der Waals surface area contributed by atoms with Crippen molar-refractivity contribution in [2.24, 2.45) is 0 Å². The lowest BCUT2D eigenvalue weighted by atomic mass is 10.1. The van der Waals surface area contributed by atoms with Crippen LogP contribution in [0.5, 0.6) is 5.75 Å². The van der Waals surface area contributed by atoms with Crippen LogP contribution in [0.4, 0.5) is 17.2 Å². The normalized spacial score (nSPS) is 17.1. The minimum atomic E-state index is 0.572. The number of aromatic nitrogens is 1. The Labute approximate surface area is 141 Å². The summed E-state index contributed by atoms with van der Waals surface area (Å²) in [4.78, 5) is 9.29. The Balaban J connectivity index is 1.79. The number of hydrogen-bond donors (Lipinski definition) is 0. The Bertz CT molecular complexity index is 728. The highest BCUT2D eigenvalue weighted by Gasteiger charge is 2.25. The van der Waals surface area contributed by atoms with Crippen LogP contribution in [0.15, 0.2) is 30.5 Å². The number of aryl methyl sites for hydroxylation is 1. The van der Waals surface area contributed by atoms with E-state index in [1.165, 1.54) is 28.3 Å². The first-order chi connectivity index (χ1) is 11.2. The van der Waals surface area contributed by atoms with Crippen LogP contribution in [0.2, 0.25) is 0 Å². The number of fused-ring (bicyclic) bond motifs is 2. The van der Waals surface area contributed by atoms with Crippen molar-refractivity contribution in [2.45, 2.75) is 13.5 Å². The fourth-order valence-electron chi connectivity index (χ4n) is 3.28. The zero-order chi connectivity index (χ0) is 15.8. The van der Waals surface area contributed by atoms with E-state index in [0.29, 0.717) is 6.61 Å². The van der Waals surface area contributed by atoms with Gasteiger partial charge in [0.05, 0.1) is 11.3 Å². The summed E-state index contributed by atoms with van der Waals surface area (Å²) in [6.45, 7) is 4.87. The Kier molecular flexibility index (Phi) is 3.81. The Morgan fingerprint density at radius 3 is 2.78 bits per heavy atom. The smallest absolute Gasteiger partial charge is 0.143 e. The molecule has 1 aromatic heterocycles. The summed E-state index contributed by atoms with van der Waals surface area (Å²) in [6.07, 6.45) is 1.92. The van der Waals surface area contributed by atoms with Gasteiger partial charge in [-0.15, -0.1) is 0 Å². The Hall–Kier alpha value is -1.88. The molecule has 0 aliphatic carbocycles. The number of thioether (sulfide) groups is 1. The molecule has 1 fully saturated rings. The first kappa shape index (κ1) is 14.7. The van der Waals surface area contributed by atoms with Crippen LogP contribution in [-0.4, -0.2) is 36.6 Å². The molecular weight excluding hydrogens is 306 g/mol. The van der Waals surface area contributed by atoms with Crippen molar-refractivity contribution in [3.05, 3.63) is 41.6 Å². The predicted octanol–water partition coefficient (Wildman–Crippen LogP) is 3.60. The van der Waals surface area contributed by atoms with E-state index >= 15 is 0 Å². The van der Waals surface area contributed by atoms with Crippen LogP contribution in [-0.2, 0) is 6.61 Å². The maximum absolute atomic E-state index is 6.12. The van der Waals surface area contributed by atoms with Crippen molar-refractivity contribution in [3.63, 3.8) is 0 Å². The molecule has 0 spiro atoms. The van der Waals surface area contributed by atoms with Crippen molar-refractivity contribution < 1.29 is 4.74 Å². The fraction of sp³-hybridized carbons (Fsp3) is 0.389. The molecule has 0 saturated carbocycles. The van der Waals surface area contributed by atoms with E-state index in [9.17, 15) is 0 Å². The molecule has 2 aliphatic heterocycles. The van der Waals surface area contributed by atoms with Gasteiger partial charge in [0.25, 0.3) is 0 Å². The zero-order valence-electron chi connectivity index (χ0n) is 13.6. The Morgan fingerprint density at radius 2 is 1.96 bits per heavy atom. The van der Waals surface area contributed by atoms with Gasteiger partial charge >= 0.3 is 0 Å². The lowest BCUT2D eigenvalue weighted by Crippen LogP contribution is -2.33. The third kappa shape index (κ3) is 2.63. The molecule has 4 rings (SSSR count). The van der Waals surface area contributed by atoms with E-state index in [-0.39, 0.29) is 0 Å². The summed E-state index contributed by atoms with van der Waals surface area (Å²) in [6, 6.07) is 8.45. The summed E-state index contributed by atoms with van der Waals surface area (Å²) in [5, 5.41) is 0. The van der Waals surface area contributed by atoms with E-state index < -0.39 is 0 Å². The number of nitrogens with zero attached hydrogens (tertiary/aromatic N) is 3. The molecule has 0 unspecified atom stereocenters. The van der Waals surface area contributed by atoms with Gasteiger partial charge in [-0.05, 0) is 30.7 Å². The van der Waals surface area contributed by atoms with Crippen LogP contribution in [0.1, 0.15) is 11.1 Å². The molecule has 0 bridgehead atoms. The van der Waals surface area contributed by atoms with Crippen LogP contribution >= 0.6 is 11.8 Å². The van der Waals surface area contributed by atoms with Gasteiger partial charge in [-0.1, -0.05) is 6.07 Å². The van der Waals surface area contributed by atoms with Gasteiger partial charge in [-0.3, -0.25) is 0 Å². The third-order valence-corrected chi connectivity index (χ3v) is 5.47. The van der Waals surface area contributed by atoms with Crippen molar-refractivity contribution in [1.29, 1.82) is 0 Å². The zero-order valence-corrected chi connectivity index (χ0v) is 14.4. The average molecular weight is 327 g/mol. The van der Waals surface area contributed by atoms with E-state index in [2.05, 4.69) is 53.0 Å². The maximum Gasteiger partial charge on any atom is 0.143 e. The first-order valence-corrected chi connectivity index (χ1v) is 9.17. The minimum absolute atomic E-state index is 0.572.